The van der Waals surface area contributed by atoms with Gasteiger partial charge in [0, 0.05) is 49.0 Å². The molecule has 0 radical (unpaired) electrons. The van der Waals surface area contributed by atoms with Crippen molar-refractivity contribution in [1.82, 2.24) is 19.9 Å². The second kappa shape index (κ2) is 15.2. The fraction of sp³-hybridized carbons (Fsp3) is 0.394. The second-order valence-corrected chi connectivity index (χ2v) is 13.4. The van der Waals surface area contributed by atoms with Crippen molar-refractivity contribution in [2.75, 3.05) is 61.8 Å². The third-order valence-corrected chi connectivity index (χ3v) is 8.67. The van der Waals surface area contributed by atoms with Crippen LogP contribution >= 0.6 is 0 Å². The number of nitrogen functional groups attached to an aromatic ring is 2. The van der Waals surface area contributed by atoms with E-state index < -0.39 is 9.84 Å². The number of hydrogen-bond donors (Lipinski definition) is 3. The zero-order valence-electron chi connectivity index (χ0n) is 28.6. The molecule has 4 aromatic rings. The molecule has 0 spiro atoms. The molecule has 1 atom stereocenters. The number of nitrogens with one attached hydrogen (secondary N) is 1. The minimum absolute atomic E-state index is 0.0313. The highest BCUT2D eigenvalue weighted by Crippen LogP contribution is 2.40. The Hall–Kier alpha value is -5.05. The van der Waals surface area contributed by atoms with Gasteiger partial charge in [-0.15, -0.1) is 0 Å². The minimum Gasteiger partial charge on any atom is -0.497 e. The Kier molecular flexibility index (Phi) is 11.4. The lowest BCUT2D eigenvalue weighted by Gasteiger charge is -2.27. The Morgan fingerprint density at radius 3 is 2.06 bits per heavy atom. The SMILES string of the molecule is CCNc1ncc(Oc2cc(S(C)(=O)=O)c(OC)cc2C(C)CN(CC)c2ncc(Oc3ccc(OC)cc3C(C)C)c(N)n2)c(N)n1. The Labute approximate surface area is 281 Å². The van der Waals surface area contributed by atoms with E-state index in [2.05, 4.69) is 39.1 Å². The maximum absolute atomic E-state index is 12.7. The molecule has 258 valence electrons. The number of rotatable bonds is 15. The van der Waals surface area contributed by atoms with Gasteiger partial charge in [0.2, 0.25) is 11.9 Å². The van der Waals surface area contributed by atoms with Crippen molar-refractivity contribution in [2.24, 2.45) is 0 Å². The predicted molar refractivity (Wildman–Crippen MR) is 187 cm³/mol. The van der Waals surface area contributed by atoms with E-state index in [-0.39, 0.29) is 45.6 Å². The molecule has 1 unspecified atom stereocenters. The van der Waals surface area contributed by atoms with E-state index in [0.717, 1.165) is 17.6 Å². The Bertz CT molecular complexity index is 1850. The van der Waals surface area contributed by atoms with Gasteiger partial charge in [0.1, 0.15) is 27.9 Å². The fourth-order valence-electron chi connectivity index (χ4n) is 5.01. The zero-order valence-corrected chi connectivity index (χ0v) is 29.4. The zero-order chi connectivity index (χ0) is 35.2. The number of benzene rings is 2. The third kappa shape index (κ3) is 8.26. The lowest BCUT2D eigenvalue weighted by molar-refractivity contribution is 0.397. The van der Waals surface area contributed by atoms with Crippen LogP contribution in [-0.4, -0.2) is 68.5 Å². The molecule has 15 heteroatoms. The van der Waals surface area contributed by atoms with Crippen LogP contribution in [-0.2, 0) is 9.84 Å². The number of methoxy groups -OCH3 is 2. The lowest BCUT2D eigenvalue weighted by atomic mass is 9.99. The van der Waals surface area contributed by atoms with Gasteiger partial charge in [-0.25, -0.2) is 18.4 Å². The van der Waals surface area contributed by atoms with Crippen molar-refractivity contribution in [3.05, 3.63) is 53.9 Å². The quantitative estimate of drug-likeness (QED) is 0.140. The van der Waals surface area contributed by atoms with Crippen LogP contribution in [0.25, 0.3) is 0 Å². The average molecular weight is 681 g/mol. The smallest absolute Gasteiger partial charge is 0.227 e. The molecule has 5 N–H and O–H groups in total. The number of aromatic nitrogens is 4. The fourth-order valence-corrected chi connectivity index (χ4v) is 5.84. The van der Waals surface area contributed by atoms with E-state index in [1.165, 1.54) is 19.4 Å². The summed E-state index contributed by atoms with van der Waals surface area (Å²) in [6.07, 6.45) is 4.10. The van der Waals surface area contributed by atoms with E-state index in [1.54, 1.807) is 19.4 Å². The van der Waals surface area contributed by atoms with Crippen molar-refractivity contribution in [3.63, 3.8) is 0 Å². The van der Waals surface area contributed by atoms with Gasteiger partial charge >= 0.3 is 0 Å². The summed E-state index contributed by atoms with van der Waals surface area (Å²) in [5.74, 6) is 3.24. The van der Waals surface area contributed by atoms with Gasteiger partial charge in [0.15, 0.2) is 33.0 Å². The number of anilines is 4. The molecule has 48 heavy (non-hydrogen) atoms. The topological polar surface area (TPSA) is 190 Å². The van der Waals surface area contributed by atoms with E-state index in [4.69, 9.17) is 30.4 Å². The first-order valence-corrected chi connectivity index (χ1v) is 17.4. The highest BCUT2D eigenvalue weighted by molar-refractivity contribution is 7.90. The molecule has 0 aliphatic rings. The predicted octanol–water partition coefficient (Wildman–Crippen LogP) is 5.62. The number of ether oxygens (including phenoxy) is 4. The van der Waals surface area contributed by atoms with Crippen LogP contribution in [0.4, 0.5) is 23.5 Å². The first-order chi connectivity index (χ1) is 22.8. The molecule has 0 saturated carbocycles. The van der Waals surface area contributed by atoms with Crippen LogP contribution in [0.2, 0.25) is 0 Å². The van der Waals surface area contributed by atoms with Gasteiger partial charge in [-0.2, -0.15) is 9.97 Å². The number of nitrogens with zero attached hydrogens (tertiary/aromatic N) is 5. The monoisotopic (exact) mass is 680 g/mol. The summed E-state index contributed by atoms with van der Waals surface area (Å²) in [6.45, 7) is 11.5. The molecule has 0 bridgehead atoms. The third-order valence-electron chi connectivity index (χ3n) is 7.55. The van der Waals surface area contributed by atoms with E-state index in [9.17, 15) is 8.42 Å². The highest BCUT2D eigenvalue weighted by Gasteiger charge is 2.25. The average Bonchev–Trinajstić information content (AvgIpc) is 3.05. The van der Waals surface area contributed by atoms with Gasteiger partial charge in [-0.1, -0.05) is 20.8 Å². The van der Waals surface area contributed by atoms with E-state index in [1.807, 2.05) is 43.9 Å². The van der Waals surface area contributed by atoms with Crippen LogP contribution < -0.4 is 40.6 Å². The summed E-state index contributed by atoms with van der Waals surface area (Å²) in [6, 6.07) is 8.67. The molecule has 0 aliphatic carbocycles. The summed E-state index contributed by atoms with van der Waals surface area (Å²) >= 11 is 0. The van der Waals surface area contributed by atoms with Gasteiger partial charge < -0.3 is 40.6 Å². The molecule has 2 aromatic carbocycles. The van der Waals surface area contributed by atoms with E-state index in [0.29, 0.717) is 48.6 Å². The number of sulfone groups is 1. The van der Waals surface area contributed by atoms with Crippen LogP contribution in [0.15, 0.2) is 47.6 Å². The summed E-state index contributed by atoms with van der Waals surface area (Å²) in [4.78, 5) is 19.5. The summed E-state index contributed by atoms with van der Waals surface area (Å²) in [5.41, 5.74) is 14.2. The molecule has 0 aliphatic heterocycles. The largest absolute Gasteiger partial charge is 0.497 e. The van der Waals surface area contributed by atoms with E-state index >= 15 is 0 Å². The molecule has 4 rings (SSSR count). The number of likely N-dealkylation sites (N-methyl/N-ethyl adjacent to an activating group) is 1. The van der Waals surface area contributed by atoms with Crippen molar-refractivity contribution in [2.45, 2.75) is 51.3 Å². The summed E-state index contributed by atoms with van der Waals surface area (Å²) < 4.78 is 48.6. The van der Waals surface area contributed by atoms with Crippen LogP contribution in [0.3, 0.4) is 0 Å². The summed E-state index contributed by atoms with van der Waals surface area (Å²) in [5, 5.41) is 2.99. The van der Waals surface area contributed by atoms with Gasteiger partial charge in [0.25, 0.3) is 0 Å². The number of hydrogen-bond acceptors (Lipinski definition) is 14. The maximum atomic E-state index is 12.7. The van der Waals surface area contributed by atoms with Gasteiger partial charge in [0.05, 0.1) is 26.6 Å². The molecule has 2 heterocycles. The normalized spacial score (nSPS) is 12.0. The highest BCUT2D eigenvalue weighted by atomic mass is 32.2. The molecule has 2 aromatic heterocycles. The molecular formula is C33H44N8O6S. The summed E-state index contributed by atoms with van der Waals surface area (Å²) in [7, 11) is -0.645. The van der Waals surface area contributed by atoms with Crippen LogP contribution in [0.5, 0.6) is 34.5 Å². The van der Waals surface area contributed by atoms with Gasteiger partial charge in [-0.05, 0) is 44.0 Å². The lowest BCUT2D eigenvalue weighted by Crippen LogP contribution is -2.29. The van der Waals surface area contributed by atoms with Crippen molar-refractivity contribution in [1.29, 1.82) is 0 Å². The van der Waals surface area contributed by atoms with Crippen LogP contribution in [0.1, 0.15) is 57.6 Å². The second-order valence-electron chi connectivity index (χ2n) is 11.4. The van der Waals surface area contributed by atoms with Gasteiger partial charge in [-0.3, -0.25) is 0 Å². The maximum Gasteiger partial charge on any atom is 0.227 e. The first kappa shape index (κ1) is 35.8. The van der Waals surface area contributed by atoms with Crippen LogP contribution in [0, 0.1) is 0 Å². The Morgan fingerprint density at radius 2 is 1.50 bits per heavy atom. The Morgan fingerprint density at radius 1 is 0.833 bits per heavy atom. The molecule has 0 fully saturated rings. The minimum atomic E-state index is -3.68. The number of nitrogens with two attached hydrogens (primary N) is 2. The molecular weight excluding hydrogens is 636 g/mol. The first-order valence-electron chi connectivity index (χ1n) is 15.5. The van der Waals surface area contributed by atoms with Crippen molar-refractivity contribution >= 4 is 33.4 Å². The standard InChI is InChI=1S/C33H44N8O6S/c1-9-36-32-37-16-27(30(34)39-32)47-25-15-29(48(8,42)43)26(45-7)14-23(25)20(5)18-41(10-2)33-38-17-28(31(35)40-33)46-24-12-11-21(44-6)13-22(24)19(3)4/h11-17,19-20H,9-10,18H2,1-8H3,(H2,35,38,40)(H3,34,36,37,39). The molecule has 0 amide bonds. The molecule has 0 saturated heterocycles. The van der Waals surface area contributed by atoms with Crippen molar-refractivity contribution in [3.8, 4) is 34.5 Å². The molecule has 14 nitrogen and oxygen atoms in total. The Balaban J connectivity index is 1.65. The van der Waals surface area contributed by atoms with Crippen molar-refractivity contribution < 1.29 is 27.4 Å².